The first kappa shape index (κ1) is 12.9. The lowest BCUT2D eigenvalue weighted by Crippen LogP contribution is -2.41. The average molecular weight is 186 g/mol. The molecule has 2 nitrogen and oxygen atoms in total. The van der Waals surface area contributed by atoms with E-state index in [1.165, 1.54) is 12.8 Å². The Morgan fingerprint density at radius 1 is 1.15 bits per heavy atom. The number of nitrogens with one attached hydrogen (secondary N) is 1. The van der Waals surface area contributed by atoms with E-state index in [-0.39, 0.29) is 0 Å². The van der Waals surface area contributed by atoms with Crippen LogP contribution in [0.3, 0.4) is 0 Å². The molecule has 1 atom stereocenters. The van der Waals surface area contributed by atoms with Gasteiger partial charge in [0.2, 0.25) is 0 Å². The molecule has 2 heteroatoms. The Morgan fingerprint density at radius 3 is 2.08 bits per heavy atom. The zero-order valence-corrected chi connectivity index (χ0v) is 9.93. The van der Waals surface area contributed by atoms with Crippen LogP contribution in [0.2, 0.25) is 0 Å². The summed E-state index contributed by atoms with van der Waals surface area (Å²) in [6, 6.07) is 1.36. The summed E-state index contributed by atoms with van der Waals surface area (Å²) < 4.78 is 0. The fraction of sp³-hybridized carbons (Fsp3) is 1.00. The van der Waals surface area contributed by atoms with E-state index < -0.39 is 0 Å². The Kier molecular flexibility index (Phi) is 7.29. The highest BCUT2D eigenvalue weighted by molar-refractivity contribution is 4.70. The zero-order valence-electron chi connectivity index (χ0n) is 9.93. The van der Waals surface area contributed by atoms with Crippen LogP contribution in [0.25, 0.3) is 0 Å². The summed E-state index contributed by atoms with van der Waals surface area (Å²) >= 11 is 0. The Hall–Kier alpha value is -0.0800. The van der Waals surface area contributed by atoms with Crippen molar-refractivity contribution >= 4 is 0 Å². The van der Waals surface area contributed by atoms with Gasteiger partial charge in [-0.1, -0.05) is 20.8 Å². The number of nitrogens with zero attached hydrogens (tertiary/aromatic N) is 1. The van der Waals surface area contributed by atoms with Gasteiger partial charge in [0, 0.05) is 18.6 Å². The van der Waals surface area contributed by atoms with Gasteiger partial charge < -0.3 is 10.2 Å². The van der Waals surface area contributed by atoms with E-state index in [1.54, 1.807) is 0 Å². The maximum absolute atomic E-state index is 3.44. The Labute approximate surface area is 83.7 Å². The predicted octanol–water partition coefficient (Wildman–Crippen LogP) is 2.10. The van der Waals surface area contributed by atoms with Gasteiger partial charge in [-0.15, -0.1) is 0 Å². The molecule has 0 saturated heterocycles. The minimum absolute atomic E-state index is 0.607. The summed E-state index contributed by atoms with van der Waals surface area (Å²) in [4.78, 5) is 2.47. The van der Waals surface area contributed by atoms with Crippen molar-refractivity contribution in [3.63, 3.8) is 0 Å². The predicted molar refractivity (Wildman–Crippen MR) is 60.1 cm³/mol. The monoisotopic (exact) mass is 186 g/mol. The molecular weight excluding hydrogens is 160 g/mol. The van der Waals surface area contributed by atoms with E-state index in [0.717, 1.165) is 19.1 Å². The molecule has 0 aromatic heterocycles. The van der Waals surface area contributed by atoms with Crippen LogP contribution in [0.4, 0.5) is 0 Å². The molecule has 0 radical (unpaired) electrons. The molecular formula is C11H26N2. The molecule has 0 rings (SSSR count). The summed E-state index contributed by atoms with van der Waals surface area (Å²) in [5, 5.41) is 3.44. The number of hydrogen-bond acceptors (Lipinski definition) is 2. The van der Waals surface area contributed by atoms with E-state index in [1.807, 2.05) is 0 Å². The van der Waals surface area contributed by atoms with Crippen LogP contribution in [0.15, 0.2) is 0 Å². The van der Waals surface area contributed by atoms with E-state index >= 15 is 0 Å². The highest BCUT2D eigenvalue weighted by atomic mass is 15.1. The first-order valence-corrected chi connectivity index (χ1v) is 5.59. The Balaban J connectivity index is 3.75. The SMILES string of the molecule is CCNC(C)CN(C)C(CC)CC. The molecule has 0 heterocycles. The fourth-order valence-electron chi connectivity index (χ4n) is 1.91. The lowest BCUT2D eigenvalue weighted by atomic mass is 10.1. The molecule has 1 N–H and O–H groups in total. The molecule has 0 spiro atoms. The average Bonchev–Trinajstić information content (AvgIpc) is 2.06. The van der Waals surface area contributed by atoms with E-state index in [4.69, 9.17) is 0 Å². The smallest absolute Gasteiger partial charge is 0.0166 e. The van der Waals surface area contributed by atoms with Crippen LogP contribution in [-0.2, 0) is 0 Å². The molecule has 0 aliphatic carbocycles. The van der Waals surface area contributed by atoms with Crippen LogP contribution >= 0.6 is 0 Å². The molecule has 0 aromatic rings. The van der Waals surface area contributed by atoms with Crippen molar-refractivity contribution < 1.29 is 0 Å². The minimum atomic E-state index is 0.607. The zero-order chi connectivity index (χ0) is 10.3. The first-order valence-electron chi connectivity index (χ1n) is 5.59. The van der Waals surface area contributed by atoms with Crippen molar-refractivity contribution in [2.24, 2.45) is 0 Å². The van der Waals surface area contributed by atoms with Gasteiger partial charge in [0.05, 0.1) is 0 Å². The number of likely N-dealkylation sites (N-methyl/N-ethyl adjacent to an activating group) is 2. The highest BCUT2D eigenvalue weighted by Gasteiger charge is 2.12. The second-order valence-electron chi connectivity index (χ2n) is 3.87. The van der Waals surface area contributed by atoms with E-state index in [9.17, 15) is 0 Å². The molecule has 0 bridgehead atoms. The maximum Gasteiger partial charge on any atom is 0.0166 e. The molecule has 0 aliphatic rings. The van der Waals surface area contributed by atoms with Crippen molar-refractivity contribution in [1.29, 1.82) is 0 Å². The molecule has 0 aromatic carbocycles. The second-order valence-corrected chi connectivity index (χ2v) is 3.87. The van der Waals surface area contributed by atoms with Crippen LogP contribution in [0, 0.1) is 0 Å². The maximum atomic E-state index is 3.44. The van der Waals surface area contributed by atoms with Crippen molar-refractivity contribution in [3.05, 3.63) is 0 Å². The Bertz CT molecular complexity index is 111. The third kappa shape index (κ3) is 5.27. The molecule has 0 amide bonds. The van der Waals surface area contributed by atoms with Gasteiger partial charge in [0.25, 0.3) is 0 Å². The van der Waals surface area contributed by atoms with Gasteiger partial charge in [-0.25, -0.2) is 0 Å². The van der Waals surface area contributed by atoms with Gasteiger partial charge in [-0.05, 0) is 33.4 Å². The lowest BCUT2D eigenvalue weighted by Gasteiger charge is -2.28. The second kappa shape index (κ2) is 7.34. The lowest BCUT2D eigenvalue weighted by molar-refractivity contribution is 0.210. The first-order chi connectivity index (χ1) is 6.15. The van der Waals surface area contributed by atoms with Crippen LogP contribution in [0.5, 0.6) is 0 Å². The van der Waals surface area contributed by atoms with Gasteiger partial charge >= 0.3 is 0 Å². The highest BCUT2D eigenvalue weighted by Crippen LogP contribution is 2.06. The van der Waals surface area contributed by atoms with E-state index in [2.05, 4.69) is 45.0 Å². The van der Waals surface area contributed by atoms with Gasteiger partial charge in [-0.3, -0.25) is 0 Å². The quantitative estimate of drug-likeness (QED) is 0.655. The molecule has 0 fully saturated rings. The summed E-state index contributed by atoms with van der Waals surface area (Å²) in [5.74, 6) is 0. The van der Waals surface area contributed by atoms with Gasteiger partial charge in [0.1, 0.15) is 0 Å². The molecule has 0 aliphatic heterocycles. The van der Waals surface area contributed by atoms with Crippen LogP contribution < -0.4 is 5.32 Å². The summed E-state index contributed by atoms with van der Waals surface area (Å²) in [7, 11) is 2.23. The molecule has 13 heavy (non-hydrogen) atoms. The molecule has 80 valence electrons. The standard InChI is InChI=1S/C11H26N2/c1-6-11(7-2)13(5)9-10(4)12-8-3/h10-12H,6-9H2,1-5H3. The van der Waals surface area contributed by atoms with Gasteiger partial charge in [0.15, 0.2) is 0 Å². The topological polar surface area (TPSA) is 15.3 Å². The van der Waals surface area contributed by atoms with Gasteiger partial charge in [-0.2, -0.15) is 0 Å². The van der Waals surface area contributed by atoms with Crippen LogP contribution in [-0.4, -0.2) is 37.1 Å². The third-order valence-corrected chi connectivity index (χ3v) is 2.68. The number of rotatable bonds is 7. The summed E-state index contributed by atoms with van der Waals surface area (Å²) in [6.07, 6.45) is 2.51. The summed E-state index contributed by atoms with van der Waals surface area (Å²) in [5.41, 5.74) is 0. The Morgan fingerprint density at radius 2 is 1.69 bits per heavy atom. The third-order valence-electron chi connectivity index (χ3n) is 2.68. The van der Waals surface area contributed by atoms with Crippen molar-refractivity contribution in [1.82, 2.24) is 10.2 Å². The van der Waals surface area contributed by atoms with Crippen molar-refractivity contribution in [3.8, 4) is 0 Å². The van der Waals surface area contributed by atoms with Crippen LogP contribution in [0.1, 0.15) is 40.5 Å². The molecule has 0 saturated carbocycles. The summed E-state index contributed by atoms with van der Waals surface area (Å²) in [6.45, 7) is 11.2. The van der Waals surface area contributed by atoms with Crippen molar-refractivity contribution in [2.75, 3.05) is 20.1 Å². The van der Waals surface area contributed by atoms with Crippen molar-refractivity contribution in [2.45, 2.75) is 52.6 Å². The fourth-order valence-corrected chi connectivity index (χ4v) is 1.91. The normalized spacial score (nSPS) is 14.1. The molecule has 1 unspecified atom stereocenters. The van der Waals surface area contributed by atoms with E-state index in [0.29, 0.717) is 6.04 Å². The number of hydrogen-bond donors (Lipinski definition) is 1. The largest absolute Gasteiger partial charge is 0.313 e. The minimum Gasteiger partial charge on any atom is -0.313 e.